The van der Waals surface area contributed by atoms with E-state index in [1.54, 1.807) is 7.11 Å². The predicted molar refractivity (Wildman–Crippen MR) is 68.7 cm³/mol. The standard InChI is InChI=1S/C14H21NO2/c1-3-12-8-11(4-5-14(12)16-2)9-13-10-17-7-6-15-13/h4-5,8,13,15H,3,6-7,9-10H2,1-2H3. The molecule has 1 aliphatic heterocycles. The molecule has 1 N–H and O–H groups in total. The zero-order valence-electron chi connectivity index (χ0n) is 10.7. The Bertz CT molecular complexity index is 359. The highest BCUT2D eigenvalue weighted by Gasteiger charge is 2.14. The summed E-state index contributed by atoms with van der Waals surface area (Å²) in [6, 6.07) is 6.91. The van der Waals surface area contributed by atoms with Crippen molar-refractivity contribution in [3.8, 4) is 5.75 Å². The van der Waals surface area contributed by atoms with Gasteiger partial charge in [-0.05, 0) is 30.0 Å². The van der Waals surface area contributed by atoms with Gasteiger partial charge in [-0.25, -0.2) is 0 Å². The molecule has 0 spiro atoms. The fourth-order valence-electron chi connectivity index (χ4n) is 2.27. The second kappa shape index (κ2) is 6.03. The van der Waals surface area contributed by atoms with Gasteiger partial charge in [0.1, 0.15) is 5.75 Å². The van der Waals surface area contributed by atoms with Crippen molar-refractivity contribution in [2.75, 3.05) is 26.9 Å². The van der Waals surface area contributed by atoms with E-state index in [2.05, 4.69) is 30.4 Å². The van der Waals surface area contributed by atoms with Crippen LogP contribution >= 0.6 is 0 Å². The topological polar surface area (TPSA) is 30.5 Å². The van der Waals surface area contributed by atoms with Crippen LogP contribution in [0.1, 0.15) is 18.1 Å². The van der Waals surface area contributed by atoms with E-state index in [1.807, 2.05) is 0 Å². The van der Waals surface area contributed by atoms with Crippen LogP contribution in [0.4, 0.5) is 0 Å². The first kappa shape index (κ1) is 12.4. The Morgan fingerprint density at radius 3 is 3.00 bits per heavy atom. The summed E-state index contributed by atoms with van der Waals surface area (Å²) in [6.45, 7) is 4.76. The number of methoxy groups -OCH3 is 1. The van der Waals surface area contributed by atoms with Crippen LogP contribution in [0.25, 0.3) is 0 Å². The molecule has 1 saturated heterocycles. The molecule has 1 aliphatic rings. The number of ether oxygens (including phenoxy) is 2. The zero-order valence-corrected chi connectivity index (χ0v) is 10.7. The molecule has 1 aromatic carbocycles. The van der Waals surface area contributed by atoms with E-state index in [4.69, 9.17) is 9.47 Å². The van der Waals surface area contributed by atoms with Gasteiger partial charge in [-0.2, -0.15) is 0 Å². The minimum atomic E-state index is 0.446. The van der Waals surface area contributed by atoms with Crippen LogP contribution < -0.4 is 10.1 Å². The lowest BCUT2D eigenvalue weighted by atomic mass is 10.0. The molecule has 0 aromatic heterocycles. The minimum Gasteiger partial charge on any atom is -0.496 e. The first-order chi connectivity index (χ1) is 8.33. The Morgan fingerprint density at radius 1 is 1.47 bits per heavy atom. The summed E-state index contributed by atoms with van der Waals surface area (Å²) in [6.07, 6.45) is 2.03. The van der Waals surface area contributed by atoms with E-state index in [1.165, 1.54) is 11.1 Å². The van der Waals surface area contributed by atoms with Crippen LogP contribution in [0.3, 0.4) is 0 Å². The number of aryl methyl sites for hydroxylation is 1. The van der Waals surface area contributed by atoms with Gasteiger partial charge in [0.05, 0.1) is 20.3 Å². The minimum absolute atomic E-state index is 0.446. The van der Waals surface area contributed by atoms with Gasteiger partial charge in [0, 0.05) is 12.6 Å². The lowest BCUT2D eigenvalue weighted by Crippen LogP contribution is -2.42. The van der Waals surface area contributed by atoms with E-state index < -0.39 is 0 Å². The third-order valence-corrected chi connectivity index (χ3v) is 3.21. The molecule has 1 aromatic rings. The highest BCUT2D eigenvalue weighted by atomic mass is 16.5. The lowest BCUT2D eigenvalue weighted by molar-refractivity contribution is 0.0770. The van der Waals surface area contributed by atoms with Crippen molar-refractivity contribution >= 4 is 0 Å². The zero-order chi connectivity index (χ0) is 12.1. The van der Waals surface area contributed by atoms with Gasteiger partial charge in [0.25, 0.3) is 0 Å². The van der Waals surface area contributed by atoms with Crippen LogP contribution in [0, 0.1) is 0 Å². The van der Waals surface area contributed by atoms with Crippen molar-refractivity contribution in [1.82, 2.24) is 5.32 Å². The summed E-state index contributed by atoms with van der Waals surface area (Å²) >= 11 is 0. The van der Waals surface area contributed by atoms with Crippen molar-refractivity contribution in [2.45, 2.75) is 25.8 Å². The van der Waals surface area contributed by atoms with E-state index in [0.717, 1.165) is 38.3 Å². The molecule has 17 heavy (non-hydrogen) atoms. The van der Waals surface area contributed by atoms with E-state index in [9.17, 15) is 0 Å². The largest absolute Gasteiger partial charge is 0.496 e. The molecule has 1 unspecified atom stereocenters. The Morgan fingerprint density at radius 2 is 2.35 bits per heavy atom. The van der Waals surface area contributed by atoms with Crippen molar-refractivity contribution in [1.29, 1.82) is 0 Å². The molecule has 2 rings (SSSR count). The van der Waals surface area contributed by atoms with Gasteiger partial charge >= 0.3 is 0 Å². The van der Waals surface area contributed by atoms with Crippen LogP contribution in [0.2, 0.25) is 0 Å². The number of nitrogens with one attached hydrogen (secondary N) is 1. The second-order valence-electron chi connectivity index (χ2n) is 4.43. The highest BCUT2D eigenvalue weighted by molar-refractivity contribution is 5.37. The Balaban J connectivity index is 2.05. The van der Waals surface area contributed by atoms with Crippen LogP contribution in [-0.4, -0.2) is 32.9 Å². The Hall–Kier alpha value is -1.06. The van der Waals surface area contributed by atoms with Crippen molar-refractivity contribution in [2.24, 2.45) is 0 Å². The summed E-state index contributed by atoms with van der Waals surface area (Å²) in [5.74, 6) is 0.990. The highest BCUT2D eigenvalue weighted by Crippen LogP contribution is 2.21. The molecular formula is C14H21NO2. The van der Waals surface area contributed by atoms with E-state index >= 15 is 0 Å². The molecule has 0 radical (unpaired) electrons. The third-order valence-electron chi connectivity index (χ3n) is 3.21. The molecule has 1 heterocycles. The molecule has 0 saturated carbocycles. The van der Waals surface area contributed by atoms with Gasteiger partial charge in [-0.1, -0.05) is 19.1 Å². The molecule has 3 heteroatoms. The summed E-state index contributed by atoms with van der Waals surface area (Å²) in [4.78, 5) is 0. The summed E-state index contributed by atoms with van der Waals surface area (Å²) < 4.78 is 10.8. The maximum Gasteiger partial charge on any atom is 0.122 e. The molecule has 0 bridgehead atoms. The molecule has 0 aliphatic carbocycles. The van der Waals surface area contributed by atoms with Gasteiger partial charge < -0.3 is 14.8 Å². The maximum atomic E-state index is 5.47. The van der Waals surface area contributed by atoms with Crippen molar-refractivity contribution < 1.29 is 9.47 Å². The maximum absolute atomic E-state index is 5.47. The number of benzene rings is 1. The van der Waals surface area contributed by atoms with Crippen LogP contribution in [0.15, 0.2) is 18.2 Å². The third kappa shape index (κ3) is 3.20. The fourth-order valence-corrected chi connectivity index (χ4v) is 2.27. The number of morpholine rings is 1. The Labute approximate surface area is 103 Å². The number of hydrogen-bond donors (Lipinski definition) is 1. The summed E-state index contributed by atoms with van der Waals surface area (Å²) in [7, 11) is 1.73. The average molecular weight is 235 g/mol. The lowest BCUT2D eigenvalue weighted by Gasteiger charge is -2.24. The van der Waals surface area contributed by atoms with Crippen LogP contribution in [0.5, 0.6) is 5.75 Å². The van der Waals surface area contributed by atoms with Crippen molar-refractivity contribution in [3.05, 3.63) is 29.3 Å². The normalized spacial score (nSPS) is 20.2. The monoisotopic (exact) mass is 235 g/mol. The molecule has 3 nitrogen and oxygen atoms in total. The fraction of sp³-hybridized carbons (Fsp3) is 0.571. The summed E-state index contributed by atoms with van der Waals surface area (Å²) in [5.41, 5.74) is 2.63. The smallest absolute Gasteiger partial charge is 0.122 e. The second-order valence-corrected chi connectivity index (χ2v) is 4.43. The van der Waals surface area contributed by atoms with Crippen LogP contribution in [-0.2, 0) is 17.6 Å². The average Bonchev–Trinajstić information content (AvgIpc) is 2.40. The quantitative estimate of drug-likeness (QED) is 0.863. The molecule has 1 atom stereocenters. The van der Waals surface area contributed by atoms with Gasteiger partial charge in [-0.3, -0.25) is 0 Å². The van der Waals surface area contributed by atoms with Gasteiger partial charge in [0.2, 0.25) is 0 Å². The molecule has 1 fully saturated rings. The molecular weight excluding hydrogens is 214 g/mol. The first-order valence-electron chi connectivity index (χ1n) is 6.30. The summed E-state index contributed by atoms with van der Waals surface area (Å²) in [5, 5.41) is 3.48. The number of rotatable bonds is 4. The Kier molecular flexibility index (Phi) is 4.40. The van der Waals surface area contributed by atoms with Crippen molar-refractivity contribution in [3.63, 3.8) is 0 Å². The number of hydrogen-bond acceptors (Lipinski definition) is 3. The van der Waals surface area contributed by atoms with Gasteiger partial charge in [0.15, 0.2) is 0 Å². The SMILES string of the molecule is CCc1cc(CC2COCCN2)ccc1OC. The van der Waals surface area contributed by atoms with E-state index in [-0.39, 0.29) is 0 Å². The molecule has 0 amide bonds. The predicted octanol–water partition coefficient (Wildman–Crippen LogP) is 1.79. The van der Waals surface area contributed by atoms with E-state index in [0.29, 0.717) is 6.04 Å². The molecule has 94 valence electrons. The van der Waals surface area contributed by atoms with Gasteiger partial charge in [-0.15, -0.1) is 0 Å². The first-order valence-corrected chi connectivity index (χ1v) is 6.30.